The second-order valence-electron chi connectivity index (χ2n) is 2.65. The highest BCUT2D eigenvalue weighted by atomic mass is 32.1. The molecule has 0 radical (unpaired) electrons. The summed E-state index contributed by atoms with van der Waals surface area (Å²) in [7, 11) is 1.27. The van der Waals surface area contributed by atoms with Crippen LogP contribution in [0.4, 0.5) is 0 Å². The minimum absolute atomic E-state index is 0.254. The number of carbonyl (C=O) groups is 1. The van der Waals surface area contributed by atoms with Crippen LogP contribution in [0.15, 0.2) is 24.3 Å². The van der Waals surface area contributed by atoms with Gasteiger partial charge in [-0.1, -0.05) is 36.3 Å². The largest absolute Gasteiger partial charge is 0.459 e. The number of hydrogen-bond acceptors (Lipinski definition) is 3. The van der Waals surface area contributed by atoms with E-state index in [0.29, 0.717) is 11.1 Å². The van der Waals surface area contributed by atoms with Gasteiger partial charge in [-0.15, -0.1) is 0 Å². The molecule has 0 aromatic heterocycles. The Balaban J connectivity index is 3.08. The zero-order valence-corrected chi connectivity index (χ0v) is 8.93. The first-order valence-electron chi connectivity index (χ1n) is 4.14. The van der Waals surface area contributed by atoms with Gasteiger partial charge >= 0.3 is 5.97 Å². The molecule has 0 saturated carbocycles. The Bertz CT molecular complexity index is 457. The van der Waals surface area contributed by atoms with Crippen molar-refractivity contribution < 1.29 is 9.53 Å². The monoisotopic (exact) mass is 219 g/mol. The summed E-state index contributed by atoms with van der Waals surface area (Å²) in [5.41, 5.74) is 6.78. The first-order valence-corrected chi connectivity index (χ1v) is 4.54. The van der Waals surface area contributed by atoms with E-state index in [9.17, 15) is 4.79 Å². The molecule has 0 atom stereocenters. The number of thiocarbonyl (C=S) groups is 1. The molecule has 0 fully saturated rings. The summed E-state index contributed by atoms with van der Waals surface area (Å²) < 4.78 is 4.40. The molecular formula is C11H9NO2S. The van der Waals surface area contributed by atoms with E-state index in [-0.39, 0.29) is 4.99 Å². The van der Waals surface area contributed by atoms with Crippen LogP contribution in [0.5, 0.6) is 0 Å². The predicted octanol–water partition coefficient (Wildman–Crippen LogP) is 0.845. The minimum Gasteiger partial charge on any atom is -0.459 e. The van der Waals surface area contributed by atoms with Gasteiger partial charge in [0.1, 0.15) is 4.99 Å². The van der Waals surface area contributed by atoms with Crippen LogP contribution in [-0.2, 0) is 9.53 Å². The zero-order valence-electron chi connectivity index (χ0n) is 8.11. The van der Waals surface area contributed by atoms with Crippen molar-refractivity contribution in [2.45, 2.75) is 0 Å². The van der Waals surface area contributed by atoms with Crippen LogP contribution < -0.4 is 5.73 Å². The summed E-state index contributed by atoms with van der Waals surface area (Å²) in [6.45, 7) is 0. The maximum absolute atomic E-state index is 10.8. The molecule has 0 spiro atoms. The molecule has 4 heteroatoms. The maximum Gasteiger partial charge on any atom is 0.384 e. The van der Waals surface area contributed by atoms with Crippen molar-refractivity contribution in [3.63, 3.8) is 0 Å². The van der Waals surface area contributed by atoms with Crippen LogP contribution in [0.2, 0.25) is 0 Å². The van der Waals surface area contributed by atoms with E-state index in [1.54, 1.807) is 24.3 Å². The van der Waals surface area contributed by atoms with E-state index >= 15 is 0 Å². The van der Waals surface area contributed by atoms with Crippen molar-refractivity contribution in [2.24, 2.45) is 5.73 Å². The lowest BCUT2D eigenvalue weighted by atomic mass is 10.1. The van der Waals surface area contributed by atoms with Crippen LogP contribution in [0.1, 0.15) is 11.1 Å². The van der Waals surface area contributed by atoms with Gasteiger partial charge in [0, 0.05) is 17.0 Å². The fraction of sp³-hybridized carbons (Fsp3) is 0.0909. The molecule has 1 aromatic carbocycles. The highest BCUT2D eigenvalue weighted by Gasteiger charge is 2.01. The average Bonchev–Trinajstić information content (AvgIpc) is 2.26. The lowest BCUT2D eigenvalue weighted by Gasteiger charge is -2.00. The van der Waals surface area contributed by atoms with Crippen LogP contribution >= 0.6 is 12.2 Å². The highest BCUT2D eigenvalue weighted by Crippen LogP contribution is 2.06. The van der Waals surface area contributed by atoms with E-state index < -0.39 is 5.97 Å². The summed E-state index contributed by atoms with van der Waals surface area (Å²) >= 11 is 4.85. The van der Waals surface area contributed by atoms with Gasteiger partial charge in [-0.05, 0) is 6.07 Å². The fourth-order valence-electron chi connectivity index (χ4n) is 0.976. The Labute approximate surface area is 93.2 Å². The third-order valence-corrected chi connectivity index (χ3v) is 1.90. The highest BCUT2D eigenvalue weighted by molar-refractivity contribution is 7.80. The van der Waals surface area contributed by atoms with Gasteiger partial charge in [-0.3, -0.25) is 0 Å². The second kappa shape index (κ2) is 5.13. The standard InChI is InChI=1S/C11H9NO2S/c1-14-10(13)7-6-8-4-2-3-5-9(8)11(12)15/h2-5H,1H3,(H2,12,15). The topological polar surface area (TPSA) is 52.3 Å². The Morgan fingerprint density at radius 3 is 2.73 bits per heavy atom. The molecule has 0 aliphatic heterocycles. The third kappa shape index (κ3) is 3.08. The van der Waals surface area contributed by atoms with Gasteiger partial charge in [0.15, 0.2) is 0 Å². The molecule has 3 nitrogen and oxygen atoms in total. The quantitative estimate of drug-likeness (QED) is 0.432. The van der Waals surface area contributed by atoms with Crippen molar-refractivity contribution in [1.29, 1.82) is 0 Å². The van der Waals surface area contributed by atoms with Gasteiger partial charge in [-0.2, -0.15) is 0 Å². The SMILES string of the molecule is COC(=O)C#Cc1ccccc1C(N)=S. The van der Waals surface area contributed by atoms with Crippen molar-refractivity contribution in [2.75, 3.05) is 7.11 Å². The Hall–Kier alpha value is -1.86. The molecule has 15 heavy (non-hydrogen) atoms. The normalized spacial score (nSPS) is 8.60. The van der Waals surface area contributed by atoms with E-state index in [1.165, 1.54) is 7.11 Å². The molecule has 0 aliphatic rings. The van der Waals surface area contributed by atoms with E-state index in [0.717, 1.165) is 0 Å². The van der Waals surface area contributed by atoms with Gasteiger partial charge in [-0.25, -0.2) is 4.79 Å². The van der Waals surface area contributed by atoms with Crippen molar-refractivity contribution in [3.05, 3.63) is 35.4 Å². The Morgan fingerprint density at radius 1 is 1.47 bits per heavy atom. The lowest BCUT2D eigenvalue weighted by molar-refractivity contribution is -0.133. The van der Waals surface area contributed by atoms with Gasteiger partial charge < -0.3 is 10.5 Å². The molecule has 0 bridgehead atoms. The van der Waals surface area contributed by atoms with Crippen LogP contribution in [-0.4, -0.2) is 18.1 Å². The van der Waals surface area contributed by atoms with Crippen molar-refractivity contribution >= 4 is 23.2 Å². The molecular weight excluding hydrogens is 210 g/mol. The number of esters is 1. The first-order chi connectivity index (χ1) is 7.15. The second-order valence-corrected chi connectivity index (χ2v) is 3.09. The number of nitrogens with two attached hydrogens (primary N) is 1. The average molecular weight is 219 g/mol. The maximum atomic E-state index is 10.8. The molecule has 76 valence electrons. The minimum atomic E-state index is -0.590. The van der Waals surface area contributed by atoms with Crippen molar-refractivity contribution in [3.8, 4) is 11.8 Å². The van der Waals surface area contributed by atoms with Crippen molar-refractivity contribution in [1.82, 2.24) is 0 Å². The summed E-state index contributed by atoms with van der Waals surface area (Å²) in [4.78, 5) is 11.1. The first kappa shape index (κ1) is 11.2. The van der Waals surface area contributed by atoms with E-state index in [1.807, 2.05) is 0 Å². The predicted molar refractivity (Wildman–Crippen MR) is 61.2 cm³/mol. The number of carbonyl (C=O) groups excluding carboxylic acids is 1. The van der Waals surface area contributed by atoms with E-state index in [2.05, 4.69) is 16.6 Å². The zero-order chi connectivity index (χ0) is 11.3. The number of rotatable bonds is 1. The lowest BCUT2D eigenvalue weighted by Crippen LogP contribution is -2.11. The Morgan fingerprint density at radius 2 is 2.13 bits per heavy atom. The molecule has 2 N–H and O–H groups in total. The molecule has 1 rings (SSSR count). The Kier molecular flexibility index (Phi) is 3.83. The van der Waals surface area contributed by atoms with Gasteiger partial charge in [0.25, 0.3) is 0 Å². The summed E-state index contributed by atoms with van der Waals surface area (Å²) in [5.74, 6) is 4.38. The molecule has 1 aromatic rings. The molecule has 0 heterocycles. The number of hydrogen-bond donors (Lipinski definition) is 1. The van der Waals surface area contributed by atoms with Crippen LogP contribution in [0.25, 0.3) is 0 Å². The summed E-state index contributed by atoms with van der Waals surface area (Å²) in [5, 5.41) is 0. The summed E-state index contributed by atoms with van der Waals surface area (Å²) in [6.07, 6.45) is 0. The van der Waals surface area contributed by atoms with E-state index in [4.69, 9.17) is 18.0 Å². The van der Waals surface area contributed by atoms with Gasteiger partial charge in [0.05, 0.1) is 7.11 Å². The number of benzene rings is 1. The number of ether oxygens (including phenoxy) is 1. The van der Waals surface area contributed by atoms with Gasteiger partial charge in [0.2, 0.25) is 0 Å². The fourth-order valence-corrected chi connectivity index (χ4v) is 1.15. The molecule has 0 amide bonds. The molecule has 0 aliphatic carbocycles. The molecule has 0 saturated heterocycles. The summed E-state index contributed by atoms with van der Waals surface area (Å²) in [6, 6.07) is 7.09. The van der Waals surface area contributed by atoms with Crippen LogP contribution in [0, 0.1) is 11.8 Å². The third-order valence-electron chi connectivity index (χ3n) is 1.68. The molecule has 0 unspecified atom stereocenters. The smallest absolute Gasteiger partial charge is 0.384 e. The number of methoxy groups -OCH3 is 1. The van der Waals surface area contributed by atoms with Crippen LogP contribution in [0.3, 0.4) is 0 Å².